The number of esters is 1. The Morgan fingerprint density at radius 3 is 2.44 bits per heavy atom. The van der Waals surface area contributed by atoms with Crippen molar-refractivity contribution in [2.75, 3.05) is 26.0 Å². The van der Waals surface area contributed by atoms with Crippen LogP contribution in [-0.4, -0.2) is 51.7 Å². The summed E-state index contributed by atoms with van der Waals surface area (Å²) in [7, 11) is -0.856. The van der Waals surface area contributed by atoms with Crippen molar-refractivity contribution >= 4 is 33.4 Å². The standard InChI is InChI=1S/C18H17N3O5S/c1-21(17-14-5-3-4-6-15(14)27(24,25)20-17)11-16(22)19-13-9-7-12(8-10-13)18(23)26-2/h3-10H,11H2,1-2H3,(H,19,22). The Morgan fingerprint density at radius 2 is 1.78 bits per heavy atom. The zero-order chi connectivity index (χ0) is 19.6. The Labute approximate surface area is 156 Å². The molecule has 0 aromatic heterocycles. The lowest BCUT2D eigenvalue weighted by Crippen LogP contribution is -2.34. The Balaban J connectivity index is 1.69. The molecule has 0 saturated carbocycles. The average molecular weight is 387 g/mol. The number of anilines is 1. The van der Waals surface area contributed by atoms with Crippen LogP contribution in [0.2, 0.25) is 0 Å². The number of hydrogen-bond donors (Lipinski definition) is 1. The summed E-state index contributed by atoms with van der Waals surface area (Å²) < 4.78 is 32.6. The summed E-state index contributed by atoms with van der Waals surface area (Å²) in [4.78, 5) is 25.3. The van der Waals surface area contributed by atoms with Gasteiger partial charge in [-0.2, -0.15) is 8.42 Å². The van der Waals surface area contributed by atoms with E-state index in [1.807, 2.05) is 0 Å². The first kappa shape index (κ1) is 18.6. The summed E-state index contributed by atoms with van der Waals surface area (Å²) in [6.45, 7) is -0.0958. The Kier molecular flexibility index (Phi) is 4.95. The third-order valence-corrected chi connectivity index (χ3v) is 5.27. The van der Waals surface area contributed by atoms with Crippen molar-refractivity contribution in [3.05, 3.63) is 59.7 Å². The van der Waals surface area contributed by atoms with Crippen molar-refractivity contribution in [3.8, 4) is 0 Å². The molecule has 1 aliphatic rings. The quantitative estimate of drug-likeness (QED) is 0.797. The van der Waals surface area contributed by atoms with Crippen molar-refractivity contribution in [1.29, 1.82) is 0 Å². The van der Waals surface area contributed by atoms with Crippen LogP contribution in [0.15, 0.2) is 57.8 Å². The molecule has 0 spiro atoms. The van der Waals surface area contributed by atoms with Gasteiger partial charge in [0.1, 0.15) is 4.90 Å². The molecule has 1 N–H and O–H groups in total. The number of nitrogens with one attached hydrogen (secondary N) is 1. The van der Waals surface area contributed by atoms with Gasteiger partial charge in [-0.1, -0.05) is 12.1 Å². The summed E-state index contributed by atoms with van der Waals surface area (Å²) in [6.07, 6.45) is 0. The number of sulfonamides is 1. The molecule has 8 nitrogen and oxygen atoms in total. The van der Waals surface area contributed by atoms with Gasteiger partial charge in [-0.15, -0.1) is 4.40 Å². The number of carbonyl (C=O) groups is 2. The summed E-state index contributed by atoms with van der Waals surface area (Å²) in [5.41, 5.74) is 1.34. The Morgan fingerprint density at radius 1 is 1.11 bits per heavy atom. The lowest BCUT2D eigenvalue weighted by atomic mass is 10.2. The maximum Gasteiger partial charge on any atom is 0.337 e. The first-order valence-corrected chi connectivity index (χ1v) is 9.39. The van der Waals surface area contributed by atoms with E-state index in [9.17, 15) is 18.0 Å². The monoisotopic (exact) mass is 387 g/mol. The lowest BCUT2D eigenvalue weighted by Gasteiger charge is -2.18. The number of fused-ring (bicyclic) bond motifs is 1. The smallest absolute Gasteiger partial charge is 0.337 e. The van der Waals surface area contributed by atoms with Crippen LogP contribution in [0.1, 0.15) is 15.9 Å². The topological polar surface area (TPSA) is 105 Å². The van der Waals surface area contributed by atoms with Crippen LogP contribution in [0.4, 0.5) is 5.69 Å². The van der Waals surface area contributed by atoms with Crippen LogP contribution in [0.3, 0.4) is 0 Å². The lowest BCUT2D eigenvalue weighted by molar-refractivity contribution is -0.116. The van der Waals surface area contributed by atoms with Gasteiger partial charge in [0.15, 0.2) is 5.84 Å². The van der Waals surface area contributed by atoms with Gasteiger partial charge in [-0.25, -0.2) is 4.79 Å². The van der Waals surface area contributed by atoms with Crippen LogP contribution in [-0.2, 0) is 19.6 Å². The minimum atomic E-state index is -3.74. The number of amidine groups is 1. The van der Waals surface area contributed by atoms with Gasteiger partial charge >= 0.3 is 5.97 Å². The molecule has 9 heteroatoms. The van der Waals surface area contributed by atoms with E-state index in [1.54, 1.807) is 37.4 Å². The highest BCUT2D eigenvalue weighted by molar-refractivity contribution is 7.90. The zero-order valence-corrected chi connectivity index (χ0v) is 15.5. The number of hydrogen-bond acceptors (Lipinski definition) is 6. The summed E-state index contributed by atoms with van der Waals surface area (Å²) >= 11 is 0. The van der Waals surface area contributed by atoms with E-state index in [0.29, 0.717) is 16.8 Å². The largest absolute Gasteiger partial charge is 0.465 e. The van der Waals surface area contributed by atoms with Crippen LogP contribution in [0, 0.1) is 0 Å². The van der Waals surface area contributed by atoms with Gasteiger partial charge < -0.3 is 15.0 Å². The molecule has 140 valence electrons. The van der Waals surface area contributed by atoms with Gasteiger partial charge in [0, 0.05) is 18.3 Å². The number of amides is 1. The van der Waals surface area contributed by atoms with Crippen molar-refractivity contribution < 1.29 is 22.7 Å². The number of nitrogens with zero attached hydrogens (tertiary/aromatic N) is 2. The number of methoxy groups -OCH3 is 1. The fourth-order valence-corrected chi connectivity index (χ4v) is 3.91. The van der Waals surface area contributed by atoms with Gasteiger partial charge in [0.2, 0.25) is 5.91 Å². The van der Waals surface area contributed by atoms with Crippen molar-refractivity contribution in [2.24, 2.45) is 4.40 Å². The van der Waals surface area contributed by atoms with Gasteiger partial charge in [-0.05, 0) is 36.4 Å². The van der Waals surface area contributed by atoms with E-state index in [0.717, 1.165) is 0 Å². The molecule has 1 heterocycles. The zero-order valence-electron chi connectivity index (χ0n) is 14.7. The van der Waals surface area contributed by atoms with Crippen LogP contribution in [0.25, 0.3) is 0 Å². The molecule has 0 atom stereocenters. The molecule has 27 heavy (non-hydrogen) atoms. The molecule has 0 aliphatic carbocycles. The highest BCUT2D eigenvalue weighted by Gasteiger charge is 2.30. The fourth-order valence-electron chi connectivity index (χ4n) is 2.66. The van der Waals surface area contributed by atoms with E-state index in [2.05, 4.69) is 14.5 Å². The maximum absolute atomic E-state index is 12.3. The first-order chi connectivity index (χ1) is 12.8. The number of ether oxygens (including phenoxy) is 1. The Bertz CT molecular complexity index is 1030. The van der Waals surface area contributed by atoms with Gasteiger partial charge in [-0.3, -0.25) is 4.79 Å². The molecule has 0 bridgehead atoms. The van der Waals surface area contributed by atoms with Crippen LogP contribution >= 0.6 is 0 Å². The second-order valence-corrected chi connectivity index (χ2v) is 7.43. The minimum absolute atomic E-state index is 0.0958. The van der Waals surface area contributed by atoms with Gasteiger partial charge in [0.05, 0.1) is 19.2 Å². The predicted molar refractivity (Wildman–Crippen MR) is 99.2 cm³/mol. The van der Waals surface area contributed by atoms with Crippen LogP contribution in [0.5, 0.6) is 0 Å². The van der Waals surface area contributed by atoms with Crippen LogP contribution < -0.4 is 5.32 Å². The van der Waals surface area contributed by atoms with E-state index >= 15 is 0 Å². The maximum atomic E-state index is 12.3. The third-order valence-electron chi connectivity index (χ3n) is 3.94. The number of likely N-dealkylation sites (N-methyl/N-ethyl adjacent to an activating group) is 1. The molecule has 0 fully saturated rings. The summed E-state index contributed by atoms with van der Waals surface area (Å²) in [6, 6.07) is 12.7. The Hall–Kier alpha value is -3.20. The molecule has 0 unspecified atom stereocenters. The molecule has 1 aliphatic heterocycles. The molecule has 0 saturated heterocycles. The van der Waals surface area contributed by atoms with Crippen molar-refractivity contribution in [2.45, 2.75) is 4.90 Å². The van der Waals surface area contributed by atoms with Crippen molar-refractivity contribution in [1.82, 2.24) is 4.90 Å². The number of rotatable bonds is 4. The number of benzene rings is 2. The van der Waals surface area contributed by atoms with E-state index in [-0.39, 0.29) is 23.2 Å². The minimum Gasteiger partial charge on any atom is -0.465 e. The predicted octanol–water partition coefficient (Wildman–Crippen LogP) is 1.49. The highest BCUT2D eigenvalue weighted by Crippen LogP contribution is 2.26. The molecule has 0 radical (unpaired) electrons. The molecule has 1 amide bonds. The SMILES string of the molecule is COC(=O)c1ccc(NC(=O)CN(C)C2=NS(=O)(=O)c3ccccc32)cc1. The second-order valence-electron chi connectivity index (χ2n) is 5.86. The average Bonchev–Trinajstić information content (AvgIpc) is 2.93. The second kappa shape index (κ2) is 7.20. The van der Waals surface area contributed by atoms with E-state index in [1.165, 1.54) is 30.2 Å². The summed E-state index contributed by atoms with van der Waals surface area (Å²) in [5.74, 6) is -0.596. The van der Waals surface area contributed by atoms with Gasteiger partial charge in [0.25, 0.3) is 10.0 Å². The molecular weight excluding hydrogens is 370 g/mol. The highest BCUT2D eigenvalue weighted by atomic mass is 32.2. The number of carbonyl (C=O) groups excluding carboxylic acids is 2. The van der Waals surface area contributed by atoms with E-state index in [4.69, 9.17) is 0 Å². The molecule has 2 aromatic carbocycles. The first-order valence-electron chi connectivity index (χ1n) is 7.95. The molecular formula is C18H17N3O5S. The molecule has 3 rings (SSSR count). The third kappa shape index (κ3) is 3.82. The fraction of sp³-hybridized carbons (Fsp3) is 0.167. The van der Waals surface area contributed by atoms with Crippen molar-refractivity contribution in [3.63, 3.8) is 0 Å². The van der Waals surface area contributed by atoms with E-state index < -0.39 is 16.0 Å². The normalized spacial score (nSPS) is 14.1. The molecule has 2 aromatic rings. The summed E-state index contributed by atoms with van der Waals surface area (Å²) in [5, 5.41) is 2.69.